The minimum Gasteiger partial charge on any atom is -0.452 e. The van der Waals surface area contributed by atoms with E-state index in [4.69, 9.17) is 4.74 Å². The first-order valence-electron chi connectivity index (χ1n) is 9.87. The van der Waals surface area contributed by atoms with Crippen LogP contribution in [0.4, 0.5) is 0 Å². The third kappa shape index (κ3) is 4.26. The Balaban J connectivity index is 1.56. The van der Waals surface area contributed by atoms with E-state index >= 15 is 0 Å². The number of hydrogen-bond acceptors (Lipinski definition) is 5. The number of benzene rings is 1. The number of rotatable bonds is 4. The largest absolute Gasteiger partial charge is 0.452 e. The highest BCUT2D eigenvalue weighted by atomic mass is 16.5. The first kappa shape index (κ1) is 19.1. The van der Waals surface area contributed by atoms with Gasteiger partial charge in [0, 0.05) is 36.4 Å². The van der Waals surface area contributed by atoms with Crippen LogP contribution in [0.5, 0.6) is 0 Å². The van der Waals surface area contributed by atoms with E-state index in [1.54, 1.807) is 23.4 Å². The summed E-state index contributed by atoms with van der Waals surface area (Å²) in [6.07, 6.45) is 5.35. The number of para-hydroxylation sites is 1. The van der Waals surface area contributed by atoms with Gasteiger partial charge in [0.2, 0.25) is 0 Å². The number of amides is 1. The van der Waals surface area contributed by atoms with Crippen molar-refractivity contribution in [2.45, 2.75) is 19.8 Å². The van der Waals surface area contributed by atoms with Gasteiger partial charge < -0.3 is 9.64 Å². The summed E-state index contributed by atoms with van der Waals surface area (Å²) in [6, 6.07) is 12.8. The zero-order valence-electron chi connectivity index (χ0n) is 16.4. The highest BCUT2D eigenvalue weighted by Crippen LogP contribution is 2.25. The van der Waals surface area contributed by atoms with E-state index in [1.165, 1.54) is 0 Å². The molecule has 29 heavy (non-hydrogen) atoms. The Morgan fingerprint density at radius 1 is 1.10 bits per heavy atom. The molecular weight excluding hydrogens is 366 g/mol. The van der Waals surface area contributed by atoms with Crippen LogP contribution in [0.2, 0.25) is 0 Å². The Labute approximate surface area is 169 Å². The SMILES string of the molecule is CC1CCN(C(=O)COC(=O)c2cc(-c3ccncc3)nc3ccccc23)CC1. The molecule has 1 aromatic carbocycles. The predicted molar refractivity (Wildman–Crippen MR) is 110 cm³/mol. The Morgan fingerprint density at radius 3 is 2.59 bits per heavy atom. The molecule has 4 rings (SSSR count). The van der Waals surface area contributed by atoms with Gasteiger partial charge in [0.25, 0.3) is 5.91 Å². The quantitative estimate of drug-likeness (QED) is 0.636. The van der Waals surface area contributed by atoms with Crippen LogP contribution in [0, 0.1) is 5.92 Å². The van der Waals surface area contributed by atoms with Gasteiger partial charge in [-0.2, -0.15) is 0 Å². The number of esters is 1. The summed E-state index contributed by atoms with van der Waals surface area (Å²) in [5.41, 5.74) is 2.63. The average molecular weight is 389 g/mol. The van der Waals surface area contributed by atoms with Crippen molar-refractivity contribution in [3.05, 3.63) is 60.4 Å². The molecule has 1 amide bonds. The second kappa shape index (κ2) is 8.39. The summed E-state index contributed by atoms with van der Waals surface area (Å²) in [6.45, 7) is 3.40. The molecule has 0 radical (unpaired) electrons. The molecule has 1 aliphatic heterocycles. The van der Waals surface area contributed by atoms with Crippen molar-refractivity contribution in [2.24, 2.45) is 5.92 Å². The third-order valence-corrected chi connectivity index (χ3v) is 5.38. The van der Waals surface area contributed by atoms with Gasteiger partial charge in [-0.05, 0) is 43.0 Å². The third-order valence-electron chi connectivity index (χ3n) is 5.38. The van der Waals surface area contributed by atoms with E-state index in [2.05, 4.69) is 16.9 Å². The summed E-state index contributed by atoms with van der Waals surface area (Å²) < 4.78 is 5.40. The Kier molecular flexibility index (Phi) is 5.51. The number of pyridine rings is 2. The predicted octanol–water partition coefficient (Wildman–Crippen LogP) is 3.71. The van der Waals surface area contributed by atoms with Gasteiger partial charge >= 0.3 is 5.97 Å². The van der Waals surface area contributed by atoms with E-state index < -0.39 is 5.97 Å². The molecule has 1 saturated heterocycles. The first-order valence-corrected chi connectivity index (χ1v) is 9.87. The van der Waals surface area contributed by atoms with Crippen LogP contribution < -0.4 is 0 Å². The van der Waals surface area contributed by atoms with Crippen LogP contribution in [-0.2, 0) is 9.53 Å². The molecule has 0 N–H and O–H groups in total. The second-order valence-electron chi connectivity index (χ2n) is 7.45. The van der Waals surface area contributed by atoms with Crippen LogP contribution in [0.1, 0.15) is 30.1 Å². The first-order chi connectivity index (χ1) is 14.1. The molecule has 3 aromatic rings. The Bertz CT molecular complexity index is 1030. The van der Waals surface area contributed by atoms with Crippen LogP contribution >= 0.6 is 0 Å². The molecule has 6 nitrogen and oxygen atoms in total. The topological polar surface area (TPSA) is 72.4 Å². The van der Waals surface area contributed by atoms with E-state index in [0.717, 1.165) is 31.5 Å². The number of ether oxygens (including phenoxy) is 1. The van der Waals surface area contributed by atoms with Crippen LogP contribution in [0.15, 0.2) is 54.9 Å². The number of nitrogens with zero attached hydrogens (tertiary/aromatic N) is 3. The summed E-state index contributed by atoms with van der Waals surface area (Å²) in [5, 5.41) is 0.703. The van der Waals surface area contributed by atoms with Gasteiger partial charge in [0.15, 0.2) is 6.61 Å². The van der Waals surface area contributed by atoms with Gasteiger partial charge in [-0.3, -0.25) is 9.78 Å². The molecule has 1 aliphatic rings. The molecule has 1 fully saturated rings. The second-order valence-corrected chi connectivity index (χ2v) is 7.45. The van der Waals surface area contributed by atoms with Crippen LogP contribution in [0.25, 0.3) is 22.2 Å². The number of aromatic nitrogens is 2. The lowest BCUT2D eigenvalue weighted by molar-refractivity contribution is -0.135. The van der Waals surface area contributed by atoms with E-state index in [0.29, 0.717) is 28.1 Å². The highest BCUT2D eigenvalue weighted by molar-refractivity contribution is 6.05. The molecule has 0 bridgehead atoms. The maximum absolute atomic E-state index is 12.8. The van der Waals surface area contributed by atoms with Crippen molar-refractivity contribution >= 4 is 22.8 Å². The molecule has 0 unspecified atom stereocenters. The summed E-state index contributed by atoms with van der Waals surface area (Å²) >= 11 is 0. The van der Waals surface area contributed by atoms with Gasteiger partial charge in [-0.1, -0.05) is 25.1 Å². The number of likely N-dealkylation sites (tertiary alicyclic amines) is 1. The van der Waals surface area contributed by atoms with Crippen molar-refractivity contribution in [2.75, 3.05) is 19.7 Å². The fraction of sp³-hybridized carbons (Fsp3) is 0.304. The summed E-state index contributed by atoms with van der Waals surface area (Å²) in [5.74, 6) is -0.0213. The smallest absolute Gasteiger partial charge is 0.339 e. The maximum atomic E-state index is 12.8. The molecule has 0 saturated carbocycles. The number of hydrogen-bond donors (Lipinski definition) is 0. The number of carbonyl (C=O) groups excluding carboxylic acids is 2. The molecule has 0 atom stereocenters. The van der Waals surface area contributed by atoms with Crippen molar-refractivity contribution < 1.29 is 14.3 Å². The lowest BCUT2D eigenvalue weighted by Gasteiger charge is -2.30. The van der Waals surface area contributed by atoms with E-state index in [-0.39, 0.29) is 12.5 Å². The molecule has 2 aromatic heterocycles. The highest BCUT2D eigenvalue weighted by Gasteiger charge is 2.22. The summed E-state index contributed by atoms with van der Waals surface area (Å²) in [4.78, 5) is 35.7. The lowest BCUT2D eigenvalue weighted by atomic mass is 9.99. The standard InChI is InChI=1S/C23H23N3O3/c1-16-8-12-26(13-9-16)22(27)15-29-23(28)19-14-21(17-6-10-24-11-7-17)25-20-5-3-2-4-18(19)20/h2-7,10-11,14,16H,8-9,12-13,15H2,1H3. The zero-order valence-corrected chi connectivity index (χ0v) is 16.4. The monoisotopic (exact) mass is 389 g/mol. The number of piperidine rings is 1. The normalized spacial score (nSPS) is 14.7. The van der Waals surface area contributed by atoms with Gasteiger partial charge in [-0.25, -0.2) is 9.78 Å². The Morgan fingerprint density at radius 2 is 1.83 bits per heavy atom. The Hall–Kier alpha value is -3.28. The fourth-order valence-corrected chi connectivity index (χ4v) is 3.57. The average Bonchev–Trinajstić information content (AvgIpc) is 2.77. The molecule has 0 aliphatic carbocycles. The van der Waals surface area contributed by atoms with Gasteiger partial charge in [-0.15, -0.1) is 0 Å². The van der Waals surface area contributed by atoms with E-state index in [9.17, 15) is 9.59 Å². The summed E-state index contributed by atoms with van der Waals surface area (Å²) in [7, 11) is 0. The minimum atomic E-state index is -0.516. The molecular formula is C23H23N3O3. The van der Waals surface area contributed by atoms with Gasteiger partial charge in [0.1, 0.15) is 0 Å². The van der Waals surface area contributed by atoms with E-state index in [1.807, 2.05) is 36.4 Å². The molecule has 0 spiro atoms. The van der Waals surface area contributed by atoms with Crippen molar-refractivity contribution in [3.63, 3.8) is 0 Å². The van der Waals surface area contributed by atoms with Crippen LogP contribution in [-0.4, -0.2) is 46.4 Å². The van der Waals surface area contributed by atoms with Crippen molar-refractivity contribution in [1.82, 2.24) is 14.9 Å². The fourth-order valence-electron chi connectivity index (χ4n) is 3.57. The zero-order chi connectivity index (χ0) is 20.2. The van der Waals surface area contributed by atoms with Crippen molar-refractivity contribution in [3.8, 4) is 11.3 Å². The molecule has 148 valence electrons. The number of carbonyl (C=O) groups is 2. The lowest BCUT2D eigenvalue weighted by Crippen LogP contribution is -2.40. The number of fused-ring (bicyclic) bond motifs is 1. The van der Waals surface area contributed by atoms with Crippen LogP contribution in [0.3, 0.4) is 0 Å². The van der Waals surface area contributed by atoms with Gasteiger partial charge in [0.05, 0.1) is 16.8 Å². The van der Waals surface area contributed by atoms with Crippen molar-refractivity contribution in [1.29, 1.82) is 0 Å². The molecule has 3 heterocycles. The molecule has 6 heteroatoms. The minimum absolute atomic E-state index is 0.141. The maximum Gasteiger partial charge on any atom is 0.339 e.